The van der Waals surface area contributed by atoms with E-state index < -0.39 is 0 Å². The SMILES string of the molecule is [Hf].c1ccc(Cc2ccccc2)cc1. The molecule has 0 aliphatic heterocycles. The fourth-order valence-corrected chi connectivity index (χ4v) is 1.43. The largest absolute Gasteiger partial charge is 0.0622 e. The summed E-state index contributed by atoms with van der Waals surface area (Å²) in [5.41, 5.74) is 2.74. The minimum atomic E-state index is 0. The summed E-state index contributed by atoms with van der Waals surface area (Å²) in [5, 5.41) is 0. The maximum atomic E-state index is 2.16. The summed E-state index contributed by atoms with van der Waals surface area (Å²) in [6.45, 7) is 0. The van der Waals surface area contributed by atoms with E-state index in [4.69, 9.17) is 0 Å². The van der Waals surface area contributed by atoms with Crippen LogP contribution in [0.15, 0.2) is 60.7 Å². The van der Waals surface area contributed by atoms with Crippen molar-refractivity contribution in [3.63, 3.8) is 0 Å². The smallest absolute Gasteiger partial charge is 0 e. The van der Waals surface area contributed by atoms with Crippen LogP contribution in [0.25, 0.3) is 0 Å². The zero-order chi connectivity index (χ0) is 8.93. The van der Waals surface area contributed by atoms with Crippen molar-refractivity contribution in [3.8, 4) is 0 Å². The maximum Gasteiger partial charge on any atom is 0 e. The van der Waals surface area contributed by atoms with Gasteiger partial charge in [-0.2, -0.15) is 0 Å². The van der Waals surface area contributed by atoms with Gasteiger partial charge in [0, 0.05) is 25.8 Å². The Hall–Kier alpha value is -0.690. The molecule has 0 bridgehead atoms. The molecule has 1 heteroatoms. The average molecular weight is 347 g/mol. The number of rotatable bonds is 2. The summed E-state index contributed by atoms with van der Waals surface area (Å²) in [7, 11) is 0. The molecule has 0 saturated carbocycles. The molecule has 0 amide bonds. The molecule has 2 aromatic carbocycles. The molecule has 0 N–H and O–H groups in total. The fraction of sp³-hybridized carbons (Fsp3) is 0.0769. The quantitative estimate of drug-likeness (QED) is 0.732. The fourth-order valence-electron chi connectivity index (χ4n) is 1.43. The van der Waals surface area contributed by atoms with Gasteiger partial charge in [0.1, 0.15) is 0 Å². The molecule has 0 spiro atoms. The standard InChI is InChI=1S/C13H12.Hf/c1-3-7-12(8-4-1)11-13-9-5-2-6-10-13;/h1-10H,11H2;. The van der Waals surface area contributed by atoms with Crippen LogP contribution in [-0.2, 0) is 32.3 Å². The Morgan fingerprint density at radius 1 is 0.571 bits per heavy atom. The first-order chi connectivity index (χ1) is 6.45. The van der Waals surface area contributed by atoms with Crippen molar-refractivity contribution in [1.29, 1.82) is 0 Å². The molecule has 2 rings (SSSR count). The summed E-state index contributed by atoms with van der Waals surface area (Å²) in [4.78, 5) is 0. The zero-order valence-electron chi connectivity index (χ0n) is 7.98. The molecular weight excluding hydrogens is 335 g/mol. The molecule has 0 nitrogen and oxygen atoms in total. The van der Waals surface area contributed by atoms with Crippen molar-refractivity contribution in [3.05, 3.63) is 71.8 Å². The molecule has 68 valence electrons. The van der Waals surface area contributed by atoms with E-state index >= 15 is 0 Å². The topological polar surface area (TPSA) is 0 Å². The third-order valence-corrected chi connectivity index (χ3v) is 2.09. The van der Waals surface area contributed by atoms with E-state index in [-0.39, 0.29) is 25.8 Å². The molecule has 0 fully saturated rings. The van der Waals surface area contributed by atoms with E-state index in [2.05, 4.69) is 60.7 Å². The van der Waals surface area contributed by atoms with Crippen molar-refractivity contribution in [2.75, 3.05) is 0 Å². The molecular formula is C13H12Hf. The van der Waals surface area contributed by atoms with Crippen molar-refractivity contribution >= 4 is 0 Å². The molecule has 0 saturated heterocycles. The van der Waals surface area contributed by atoms with Crippen LogP contribution < -0.4 is 0 Å². The summed E-state index contributed by atoms with van der Waals surface area (Å²) in [5.74, 6) is 0. The van der Waals surface area contributed by atoms with E-state index in [9.17, 15) is 0 Å². The second kappa shape index (κ2) is 5.92. The second-order valence-corrected chi connectivity index (χ2v) is 3.15. The molecule has 0 radical (unpaired) electrons. The Kier molecular flexibility index (Phi) is 4.81. The molecule has 0 aromatic heterocycles. The summed E-state index contributed by atoms with van der Waals surface area (Å²) >= 11 is 0. The Morgan fingerprint density at radius 3 is 1.29 bits per heavy atom. The van der Waals surface area contributed by atoms with Gasteiger partial charge in [-0.1, -0.05) is 60.7 Å². The van der Waals surface area contributed by atoms with E-state index in [1.807, 2.05) is 0 Å². The maximum absolute atomic E-state index is 2.16. The average Bonchev–Trinajstić information content (AvgIpc) is 2.21. The number of hydrogen-bond donors (Lipinski definition) is 0. The van der Waals surface area contributed by atoms with Crippen molar-refractivity contribution in [2.24, 2.45) is 0 Å². The van der Waals surface area contributed by atoms with Gasteiger partial charge in [-0.25, -0.2) is 0 Å². The van der Waals surface area contributed by atoms with Crippen LogP contribution in [0, 0.1) is 0 Å². The first-order valence-electron chi connectivity index (χ1n) is 4.53. The molecule has 14 heavy (non-hydrogen) atoms. The number of benzene rings is 2. The van der Waals surface area contributed by atoms with E-state index in [1.165, 1.54) is 11.1 Å². The van der Waals surface area contributed by atoms with Crippen molar-refractivity contribution < 1.29 is 25.8 Å². The van der Waals surface area contributed by atoms with Gasteiger partial charge in [-0.3, -0.25) is 0 Å². The van der Waals surface area contributed by atoms with Crippen LogP contribution in [-0.4, -0.2) is 0 Å². The molecule has 0 atom stereocenters. The summed E-state index contributed by atoms with van der Waals surface area (Å²) in [6, 6.07) is 21.1. The Morgan fingerprint density at radius 2 is 0.929 bits per heavy atom. The minimum Gasteiger partial charge on any atom is -0.0622 e. The van der Waals surface area contributed by atoms with E-state index in [0.29, 0.717) is 0 Å². The molecule has 0 aliphatic carbocycles. The third-order valence-electron chi connectivity index (χ3n) is 2.09. The number of hydrogen-bond acceptors (Lipinski definition) is 0. The van der Waals surface area contributed by atoms with Gasteiger partial charge in [-0.05, 0) is 17.5 Å². The first-order valence-corrected chi connectivity index (χ1v) is 4.53. The van der Waals surface area contributed by atoms with E-state index in [0.717, 1.165) is 6.42 Å². The van der Waals surface area contributed by atoms with Crippen LogP contribution >= 0.6 is 0 Å². The Labute approximate surface area is 104 Å². The Bertz CT molecular complexity index is 316. The van der Waals surface area contributed by atoms with Gasteiger partial charge in [0.15, 0.2) is 0 Å². The molecule has 0 heterocycles. The van der Waals surface area contributed by atoms with Crippen LogP contribution in [0.4, 0.5) is 0 Å². The summed E-state index contributed by atoms with van der Waals surface area (Å²) in [6.07, 6.45) is 1.03. The van der Waals surface area contributed by atoms with Crippen molar-refractivity contribution in [2.45, 2.75) is 6.42 Å². The van der Waals surface area contributed by atoms with Gasteiger partial charge in [0.05, 0.1) is 0 Å². The van der Waals surface area contributed by atoms with Crippen LogP contribution in [0.5, 0.6) is 0 Å². The predicted octanol–water partition coefficient (Wildman–Crippen LogP) is 3.27. The van der Waals surface area contributed by atoms with Gasteiger partial charge < -0.3 is 0 Å². The van der Waals surface area contributed by atoms with Crippen molar-refractivity contribution in [1.82, 2.24) is 0 Å². The zero-order valence-corrected chi connectivity index (χ0v) is 11.6. The van der Waals surface area contributed by atoms with Gasteiger partial charge >= 0.3 is 0 Å². The monoisotopic (exact) mass is 348 g/mol. The van der Waals surface area contributed by atoms with Crippen LogP contribution in [0.3, 0.4) is 0 Å². The molecule has 0 unspecified atom stereocenters. The van der Waals surface area contributed by atoms with Gasteiger partial charge in [0.25, 0.3) is 0 Å². The molecule has 0 aliphatic rings. The first kappa shape index (κ1) is 11.4. The summed E-state index contributed by atoms with van der Waals surface area (Å²) < 4.78 is 0. The normalized spacial score (nSPS) is 9.14. The Balaban J connectivity index is 0.000000980. The predicted molar refractivity (Wildman–Crippen MR) is 55.7 cm³/mol. The second-order valence-electron chi connectivity index (χ2n) is 3.15. The van der Waals surface area contributed by atoms with Crippen LogP contribution in [0.2, 0.25) is 0 Å². The van der Waals surface area contributed by atoms with Crippen LogP contribution in [0.1, 0.15) is 11.1 Å². The molecule has 2 aromatic rings. The van der Waals surface area contributed by atoms with Gasteiger partial charge in [0.2, 0.25) is 0 Å². The third kappa shape index (κ3) is 3.22. The van der Waals surface area contributed by atoms with E-state index in [1.54, 1.807) is 0 Å². The van der Waals surface area contributed by atoms with Gasteiger partial charge in [-0.15, -0.1) is 0 Å². The minimum absolute atomic E-state index is 0.